The van der Waals surface area contributed by atoms with Gasteiger partial charge in [0.15, 0.2) is 11.5 Å². The van der Waals surface area contributed by atoms with Crippen molar-refractivity contribution in [1.82, 2.24) is 5.16 Å². The molecular formula is C28H27N3O3. The van der Waals surface area contributed by atoms with E-state index in [-0.39, 0.29) is 11.2 Å². The number of ether oxygens (including phenoxy) is 1. The molecule has 4 aromatic rings. The molecule has 0 amide bonds. The second kappa shape index (κ2) is 7.62. The largest absolute Gasteiger partial charge is 0.497 e. The molecule has 6 nitrogen and oxygen atoms in total. The molecule has 2 aliphatic rings. The Hall–Kier alpha value is -3.80. The van der Waals surface area contributed by atoms with Crippen molar-refractivity contribution < 1.29 is 14.1 Å². The fourth-order valence-electron chi connectivity index (χ4n) is 5.34. The number of ketones is 1. The molecule has 34 heavy (non-hydrogen) atoms. The number of hydrogen-bond acceptors (Lipinski definition) is 6. The number of rotatable bonds is 4. The highest BCUT2D eigenvalue weighted by Gasteiger charge is 2.35. The second-order valence-corrected chi connectivity index (χ2v) is 9.97. The van der Waals surface area contributed by atoms with Crippen LogP contribution >= 0.6 is 0 Å². The second-order valence-electron chi connectivity index (χ2n) is 9.97. The predicted molar refractivity (Wildman–Crippen MR) is 134 cm³/mol. The summed E-state index contributed by atoms with van der Waals surface area (Å²) in [4.78, 5) is 16.1. The van der Waals surface area contributed by atoms with Gasteiger partial charge in [-0.3, -0.25) is 4.79 Å². The van der Waals surface area contributed by atoms with Gasteiger partial charge in [0.25, 0.3) is 0 Å². The quantitative estimate of drug-likeness (QED) is 0.339. The summed E-state index contributed by atoms with van der Waals surface area (Å²) in [5.74, 6) is 1.43. The molecule has 1 aromatic heterocycles. The molecule has 0 unspecified atom stereocenters. The summed E-state index contributed by atoms with van der Waals surface area (Å²) in [6, 6.07) is 17.4. The molecule has 6 heteroatoms. The first-order valence-electron chi connectivity index (χ1n) is 11.7. The van der Waals surface area contributed by atoms with Gasteiger partial charge in [-0.25, -0.2) is 0 Å². The molecule has 172 valence electrons. The smallest absolute Gasteiger partial charge is 0.196 e. The normalized spacial score (nSPS) is 16.4. The van der Waals surface area contributed by atoms with E-state index in [1.165, 1.54) is 6.42 Å². The maximum absolute atomic E-state index is 13.8. The number of anilines is 3. The number of hydrogen-bond donors (Lipinski definition) is 1. The molecule has 3 aromatic carbocycles. The van der Waals surface area contributed by atoms with E-state index in [2.05, 4.69) is 35.3 Å². The summed E-state index contributed by atoms with van der Waals surface area (Å²) in [5.41, 5.74) is 5.66. The lowest BCUT2D eigenvalue weighted by Gasteiger charge is -2.39. The van der Waals surface area contributed by atoms with Crippen molar-refractivity contribution in [2.24, 2.45) is 5.41 Å². The topological polar surface area (TPSA) is 67.6 Å². The minimum atomic E-state index is -0.0159. The first-order chi connectivity index (χ1) is 16.4. The van der Waals surface area contributed by atoms with E-state index in [4.69, 9.17) is 9.26 Å². The van der Waals surface area contributed by atoms with Gasteiger partial charge in [-0.05, 0) is 48.6 Å². The van der Waals surface area contributed by atoms with Gasteiger partial charge in [0.2, 0.25) is 0 Å². The van der Waals surface area contributed by atoms with Crippen LogP contribution in [0.1, 0.15) is 42.6 Å². The zero-order valence-corrected chi connectivity index (χ0v) is 19.6. The van der Waals surface area contributed by atoms with E-state index in [0.29, 0.717) is 16.9 Å². The Morgan fingerprint density at radius 2 is 1.85 bits per heavy atom. The highest BCUT2D eigenvalue weighted by atomic mass is 16.5. The molecule has 1 saturated heterocycles. The van der Waals surface area contributed by atoms with E-state index < -0.39 is 0 Å². The van der Waals surface area contributed by atoms with Gasteiger partial charge < -0.3 is 19.5 Å². The molecular weight excluding hydrogens is 426 g/mol. The van der Waals surface area contributed by atoms with E-state index in [1.807, 2.05) is 48.5 Å². The summed E-state index contributed by atoms with van der Waals surface area (Å²) in [6.45, 7) is 6.49. The Balaban J connectivity index is 1.57. The first-order valence-corrected chi connectivity index (χ1v) is 11.7. The van der Waals surface area contributed by atoms with Crippen LogP contribution in [0.25, 0.3) is 22.2 Å². The molecule has 0 saturated carbocycles. The van der Waals surface area contributed by atoms with Crippen molar-refractivity contribution in [2.45, 2.75) is 26.7 Å². The van der Waals surface area contributed by atoms with Gasteiger partial charge in [-0.15, -0.1) is 0 Å². The van der Waals surface area contributed by atoms with Crippen molar-refractivity contribution >= 4 is 33.7 Å². The predicted octanol–water partition coefficient (Wildman–Crippen LogP) is 6.42. The SMILES string of the molecule is COc1ccc(Nc2cc(N3CCCC(C)(C)C3)c3noc4c3c2C(=O)c2ccccc2-4)cc1. The van der Waals surface area contributed by atoms with Crippen LogP contribution in [0.3, 0.4) is 0 Å². The average molecular weight is 454 g/mol. The third-order valence-electron chi connectivity index (χ3n) is 6.99. The van der Waals surface area contributed by atoms with Crippen LogP contribution in [0.5, 0.6) is 5.75 Å². The van der Waals surface area contributed by atoms with Crippen LogP contribution in [0.2, 0.25) is 0 Å². The lowest BCUT2D eigenvalue weighted by molar-refractivity contribution is 0.104. The zero-order valence-electron chi connectivity index (χ0n) is 19.6. The number of carbonyl (C=O) groups is 1. The zero-order chi connectivity index (χ0) is 23.4. The highest BCUT2D eigenvalue weighted by Crippen LogP contribution is 2.47. The van der Waals surface area contributed by atoms with Gasteiger partial charge in [-0.2, -0.15) is 0 Å². The van der Waals surface area contributed by atoms with E-state index in [0.717, 1.165) is 58.8 Å². The minimum absolute atomic E-state index is 0.0159. The summed E-state index contributed by atoms with van der Waals surface area (Å²) in [5, 5.41) is 8.80. The molecule has 2 heterocycles. The van der Waals surface area contributed by atoms with Crippen LogP contribution < -0.4 is 15.0 Å². The van der Waals surface area contributed by atoms with Crippen LogP contribution in [-0.4, -0.2) is 31.1 Å². The summed E-state index contributed by atoms with van der Waals surface area (Å²) >= 11 is 0. The van der Waals surface area contributed by atoms with Crippen LogP contribution in [-0.2, 0) is 0 Å². The number of methoxy groups -OCH3 is 1. The van der Waals surface area contributed by atoms with Gasteiger partial charge >= 0.3 is 0 Å². The molecule has 1 aliphatic heterocycles. The van der Waals surface area contributed by atoms with Crippen molar-refractivity contribution in [2.75, 3.05) is 30.4 Å². The first kappa shape index (κ1) is 20.8. The van der Waals surface area contributed by atoms with Crippen molar-refractivity contribution in [3.8, 4) is 17.1 Å². The van der Waals surface area contributed by atoms with E-state index >= 15 is 0 Å². The lowest BCUT2D eigenvalue weighted by Crippen LogP contribution is -2.40. The van der Waals surface area contributed by atoms with Crippen LogP contribution in [0.15, 0.2) is 59.1 Å². The number of nitrogens with zero attached hydrogens (tertiary/aromatic N) is 2. The molecule has 0 radical (unpaired) electrons. The Morgan fingerprint density at radius 3 is 2.59 bits per heavy atom. The Bertz CT molecular complexity index is 1420. The fraction of sp³-hybridized carbons (Fsp3) is 0.286. The summed E-state index contributed by atoms with van der Waals surface area (Å²) in [6.07, 6.45) is 2.31. The molecule has 0 spiro atoms. The Kier molecular flexibility index (Phi) is 4.66. The third-order valence-corrected chi connectivity index (χ3v) is 6.99. The molecule has 1 aliphatic carbocycles. The molecule has 6 rings (SSSR count). The highest BCUT2D eigenvalue weighted by molar-refractivity contribution is 6.28. The number of nitrogens with one attached hydrogen (secondary N) is 1. The summed E-state index contributed by atoms with van der Waals surface area (Å²) < 4.78 is 11.2. The standard InChI is InChI=1S/C28H27N3O3/c1-28(2)13-6-14-31(16-28)22-15-21(29-17-9-11-18(33-3)12-10-17)23-24-25(22)30-34-27(24)20-8-5-4-7-19(20)26(23)32/h4-5,7-12,15,29H,6,13-14,16H2,1-3H3. The monoisotopic (exact) mass is 453 g/mol. The number of piperidine rings is 1. The van der Waals surface area contributed by atoms with Gasteiger partial charge in [0, 0.05) is 29.9 Å². The van der Waals surface area contributed by atoms with Crippen LogP contribution in [0.4, 0.5) is 17.1 Å². The molecule has 1 fully saturated rings. The van der Waals surface area contributed by atoms with E-state index in [9.17, 15) is 4.79 Å². The van der Waals surface area contributed by atoms with Crippen LogP contribution in [0, 0.1) is 5.41 Å². The van der Waals surface area contributed by atoms with Gasteiger partial charge in [-0.1, -0.05) is 43.3 Å². The molecule has 1 N–H and O–H groups in total. The lowest BCUT2D eigenvalue weighted by atomic mass is 9.83. The Morgan fingerprint density at radius 1 is 1.09 bits per heavy atom. The van der Waals surface area contributed by atoms with Crippen molar-refractivity contribution in [3.63, 3.8) is 0 Å². The number of aromatic nitrogens is 1. The third kappa shape index (κ3) is 3.24. The maximum atomic E-state index is 13.8. The molecule has 0 atom stereocenters. The van der Waals surface area contributed by atoms with Gasteiger partial charge in [0.1, 0.15) is 11.3 Å². The Labute approximate surface area is 198 Å². The number of fused-ring (bicyclic) bond motifs is 2. The fourth-order valence-corrected chi connectivity index (χ4v) is 5.34. The minimum Gasteiger partial charge on any atom is -0.497 e. The van der Waals surface area contributed by atoms with Crippen molar-refractivity contribution in [3.05, 3.63) is 65.7 Å². The molecule has 0 bridgehead atoms. The average Bonchev–Trinajstić information content (AvgIpc) is 3.28. The van der Waals surface area contributed by atoms with Crippen molar-refractivity contribution in [1.29, 1.82) is 0 Å². The van der Waals surface area contributed by atoms with Gasteiger partial charge in [0.05, 0.1) is 29.4 Å². The maximum Gasteiger partial charge on any atom is 0.196 e. The number of benzene rings is 3. The number of carbonyl (C=O) groups excluding carboxylic acids is 1. The van der Waals surface area contributed by atoms with E-state index in [1.54, 1.807) is 7.11 Å². The summed E-state index contributed by atoms with van der Waals surface area (Å²) in [7, 11) is 1.65.